The van der Waals surface area contributed by atoms with Crippen molar-refractivity contribution in [1.82, 2.24) is 4.98 Å². The first-order chi connectivity index (χ1) is 7.56. The Bertz CT molecular complexity index is 572. The standard InChI is InChI=1S/C11H8BrCl2NO/c1-5-10(14)9(12)8-6(13)3-4-7(16-2)11(8)15-5/h3-4H,1-2H3. The highest BCUT2D eigenvalue weighted by Crippen LogP contribution is 2.39. The van der Waals surface area contributed by atoms with Gasteiger partial charge < -0.3 is 4.74 Å². The van der Waals surface area contributed by atoms with E-state index in [1.807, 2.05) is 6.92 Å². The van der Waals surface area contributed by atoms with Gasteiger partial charge in [-0.3, -0.25) is 0 Å². The van der Waals surface area contributed by atoms with Gasteiger partial charge in [0.25, 0.3) is 0 Å². The van der Waals surface area contributed by atoms with Crippen LogP contribution in [0.3, 0.4) is 0 Å². The van der Waals surface area contributed by atoms with Gasteiger partial charge >= 0.3 is 0 Å². The van der Waals surface area contributed by atoms with Crippen LogP contribution in [0, 0.1) is 6.92 Å². The summed E-state index contributed by atoms with van der Waals surface area (Å²) in [5, 5.41) is 1.94. The fourth-order valence-corrected chi connectivity index (χ4v) is 2.70. The number of methoxy groups -OCH3 is 1. The minimum atomic E-state index is 0.572. The number of benzene rings is 1. The lowest BCUT2D eigenvalue weighted by atomic mass is 10.2. The van der Waals surface area contributed by atoms with E-state index in [0.717, 1.165) is 15.6 Å². The van der Waals surface area contributed by atoms with Crippen LogP contribution in [-0.2, 0) is 0 Å². The van der Waals surface area contributed by atoms with Gasteiger partial charge in [0, 0.05) is 9.86 Å². The molecule has 0 N–H and O–H groups in total. The van der Waals surface area contributed by atoms with Crippen molar-refractivity contribution in [3.63, 3.8) is 0 Å². The third-order valence-corrected chi connectivity index (χ3v) is 4.12. The molecule has 2 nitrogen and oxygen atoms in total. The largest absolute Gasteiger partial charge is 0.494 e. The van der Waals surface area contributed by atoms with E-state index in [-0.39, 0.29) is 0 Å². The minimum absolute atomic E-state index is 0.572. The Balaban J connectivity index is 2.98. The van der Waals surface area contributed by atoms with E-state index in [1.165, 1.54) is 0 Å². The highest BCUT2D eigenvalue weighted by molar-refractivity contribution is 9.10. The van der Waals surface area contributed by atoms with E-state index in [1.54, 1.807) is 19.2 Å². The average molecular weight is 321 g/mol. The molecular formula is C11H8BrCl2NO. The molecule has 0 saturated heterocycles. The van der Waals surface area contributed by atoms with Crippen molar-refractivity contribution in [3.8, 4) is 5.75 Å². The first-order valence-corrected chi connectivity index (χ1v) is 6.09. The van der Waals surface area contributed by atoms with E-state index in [2.05, 4.69) is 20.9 Å². The van der Waals surface area contributed by atoms with E-state index < -0.39 is 0 Å². The van der Waals surface area contributed by atoms with Gasteiger partial charge in [-0.2, -0.15) is 0 Å². The molecule has 0 unspecified atom stereocenters. The van der Waals surface area contributed by atoms with E-state index in [9.17, 15) is 0 Å². The molecule has 0 bridgehead atoms. The average Bonchev–Trinajstić information content (AvgIpc) is 2.26. The maximum atomic E-state index is 6.13. The number of aryl methyl sites for hydroxylation is 1. The van der Waals surface area contributed by atoms with Gasteiger partial charge in [-0.05, 0) is 35.0 Å². The fraction of sp³-hybridized carbons (Fsp3) is 0.182. The predicted octanol–water partition coefficient (Wildman–Crippen LogP) is 4.62. The van der Waals surface area contributed by atoms with Crippen molar-refractivity contribution in [1.29, 1.82) is 0 Å². The van der Waals surface area contributed by atoms with Gasteiger partial charge in [-0.15, -0.1) is 0 Å². The smallest absolute Gasteiger partial charge is 0.145 e. The van der Waals surface area contributed by atoms with Crippen LogP contribution >= 0.6 is 39.1 Å². The highest BCUT2D eigenvalue weighted by Gasteiger charge is 2.14. The Morgan fingerprint density at radius 2 is 2.00 bits per heavy atom. The van der Waals surface area contributed by atoms with Crippen LogP contribution in [0.4, 0.5) is 0 Å². The molecule has 0 aliphatic rings. The molecule has 2 rings (SSSR count). The zero-order chi connectivity index (χ0) is 11.9. The molecule has 0 atom stereocenters. The number of hydrogen-bond acceptors (Lipinski definition) is 2. The second-order valence-electron chi connectivity index (χ2n) is 3.30. The van der Waals surface area contributed by atoms with Crippen LogP contribution in [0.25, 0.3) is 10.9 Å². The number of ether oxygens (including phenoxy) is 1. The van der Waals surface area contributed by atoms with Crippen molar-refractivity contribution in [3.05, 3.63) is 32.3 Å². The molecule has 0 fully saturated rings. The van der Waals surface area contributed by atoms with Crippen LogP contribution in [0.15, 0.2) is 16.6 Å². The molecule has 0 saturated carbocycles. The third kappa shape index (κ3) is 1.77. The van der Waals surface area contributed by atoms with Gasteiger partial charge in [0.15, 0.2) is 0 Å². The molecule has 2 aromatic rings. The van der Waals surface area contributed by atoms with Crippen LogP contribution in [0.1, 0.15) is 5.69 Å². The molecule has 0 aliphatic heterocycles. The van der Waals surface area contributed by atoms with Crippen molar-refractivity contribution in [2.75, 3.05) is 7.11 Å². The monoisotopic (exact) mass is 319 g/mol. The first-order valence-electron chi connectivity index (χ1n) is 4.54. The molecule has 84 valence electrons. The Kier molecular flexibility index (Phi) is 3.29. The zero-order valence-corrected chi connectivity index (χ0v) is 11.7. The molecule has 1 aromatic carbocycles. The normalized spacial score (nSPS) is 10.8. The molecule has 5 heteroatoms. The molecule has 0 aliphatic carbocycles. The summed E-state index contributed by atoms with van der Waals surface area (Å²) in [6, 6.07) is 3.55. The Morgan fingerprint density at radius 1 is 1.31 bits per heavy atom. The maximum Gasteiger partial charge on any atom is 0.145 e. The van der Waals surface area contributed by atoms with Gasteiger partial charge in [-0.25, -0.2) is 4.98 Å². The van der Waals surface area contributed by atoms with Gasteiger partial charge in [-0.1, -0.05) is 23.2 Å². The van der Waals surface area contributed by atoms with Crippen molar-refractivity contribution in [2.24, 2.45) is 0 Å². The van der Waals surface area contributed by atoms with Crippen LogP contribution in [0.2, 0.25) is 10.0 Å². The van der Waals surface area contributed by atoms with E-state index in [4.69, 9.17) is 27.9 Å². The third-order valence-electron chi connectivity index (χ3n) is 2.32. The lowest BCUT2D eigenvalue weighted by Gasteiger charge is -2.10. The van der Waals surface area contributed by atoms with Gasteiger partial charge in [0.05, 0.1) is 22.8 Å². The molecule has 1 aromatic heterocycles. The van der Waals surface area contributed by atoms with Crippen LogP contribution in [0.5, 0.6) is 5.75 Å². The van der Waals surface area contributed by atoms with Gasteiger partial charge in [0.1, 0.15) is 11.3 Å². The number of fused-ring (bicyclic) bond motifs is 1. The Morgan fingerprint density at radius 3 is 2.62 bits per heavy atom. The Hall–Kier alpha value is -0.510. The zero-order valence-electron chi connectivity index (χ0n) is 8.64. The van der Waals surface area contributed by atoms with Gasteiger partial charge in [0.2, 0.25) is 0 Å². The number of nitrogens with zero attached hydrogens (tertiary/aromatic N) is 1. The van der Waals surface area contributed by atoms with Crippen molar-refractivity contribution >= 4 is 50.0 Å². The van der Waals surface area contributed by atoms with E-state index in [0.29, 0.717) is 21.3 Å². The summed E-state index contributed by atoms with van der Waals surface area (Å²) in [5.41, 5.74) is 1.45. The SMILES string of the molecule is COc1ccc(Cl)c2c(Br)c(Cl)c(C)nc12. The summed E-state index contributed by atoms with van der Waals surface area (Å²) >= 11 is 15.7. The van der Waals surface area contributed by atoms with Crippen LogP contribution < -0.4 is 4.74 Å². The molecule has 1 heterocycles. The summed E-state index contributed by atoms with van der Waals surface area (Å²) in [4.78, 5) is 4.40. The summed E-state index contributed by atoms with van der Waals surface area (Å²) in [6.07, 6.45) is 0. The second kappa shape index (κ2) is 4.40. The number of halogens is 3. The summed E-state index contributed by atoms with van der Waals surface area (Å²) in [6.45, 7) is 1.84. The number of aromatic nitrogens is 1. The molecule has 0 amide bonds. The topological polar surface area (TPSA) is 22.1 Å². The molecular weight excluding hydrogens is 313 g/mol. The quantitative estimate of drug-likeness (QED) is 0.764. The number of hydrogen-bond donors (Lipinski definition) is 0. The second-order valence-corrected chi connectivity index (χ2v) is 4.88. The van der Waals surface area contributed by atoms with Crippen LogP contribution in [-0.4, -0.2) is 12.1 Å². The van der Waals surface area contributed by atoms with E-state index >= 15 is 0 Å². The number of rotatable bonds is 1. The summed E-state index contributed by atoms with van der Waals surface area (Å²) < 4.78 is 6.00. The first kappa shape index (κ1) is 12.0. The highest BCUT2D eigenvalue weighted by atomic mass is 79.9. The lowest BCUT2D eigenvalue weighted by Crippen LogP contribution is -1.92. The minimum Gasteiger partial charge on any atom is -0.494 e. The lowest BCUT2D eigenvalue weighted by molar-refractivity contribution is 0.419. The molecule has 0 radical (unpaired) electrons. The fourth-order valence-electron chi connectivity index (χ4n) is 1.52. The summed E-state index contributed by atoms with van der Waals surface area (Å²) in [5.74, 6) is 0.680. The molecule has 0 spiro atoms. The Labute approximate surface area is 112 Å². The maximum absolute atomic E-state index is 6.13. The molecule has 16 heavy (non-hydrogen) atoms. The number of pyridine rings is 1. The summed E-state index contributed by atoms with van der Waals surface area (Å²) in [7, 11) is 1.60. The van der Waals surface area contributed by atoms with Crippen molar-refractivity contribution in [2.45, 2.75) is 6.92 Å². The predicted molar refractivity (Wildman–Crippen MR) is 70.8 cm³/mol. The van der Waals surface area contributed by atoms with Crippen molar-refractivity contribution < 1.29 is 4.74 Å².